The molecule has 0 fully saturated rings. The lowest BCUT2D eigenvalue weighted by Crippen LogP contribution is -2.20. The number of methoxy groups -OCH3 is 1. The highest BCUT2D eigenvalue weighted by molar-refractivity contribution is 9.09. The van der Waals surface area contributed by atoms with Gasteiger partial charge >= 0.3 is 5.97 Å². The van der Waals surface area contributed by atoms with Crippen LogP contribution in [0.1, 0.15) is 28.4 Å². The highest BCUT2D eigenvalue weighted by atomic mass is 79.9. The van der Waals surface area contributed by atoms with Crippen LogP contribution in [0.25, 0.3) is 0 Å². The van der Waals surface area contributed by atoms with Crippen molar-refractivity contribution in [2.75, 3.05) is 12.4 Å². The van der Waals surface area contributed by atoms with E-state index < -0.39 is 24.0 Å². The van der Waals surface area contributed by atoms with E-state index in [2.05, 4.69) is 20.7 Å². The predicted octanol–water partition coefficient (Wildman–Crippen LogP) is 1.79. The van der Waals surface area contributed by atoms with E-state index >= 15 is 0 Å². The fraction of sp³-hybridized carbons (Fsp3) is 0.417. The molecule has 0 aliphatic carbocycles. The number of hydrogen-bond acceptors (Lipinski definition) is 4. The molecule has 1 aromatic carbocycles. The van der Waals surface area contributed by atoms with Gasteiger partial charge in [0.25, 0.3) is 0 Å². The summed E-state index contributed by atoms with van der Waals surface area (Å²) in [5.74, 6) is -1.69. The zero-order valence-corrected chi connectivity index (χ0v) is 11.4. The fourth-order valence-electron chi connectivity index (χ4n) is 1.52. The molecular formula is C12H14BrFO4. The molecule has 18 heavy (non-hydrogen) atoms. The van der Waals surface area contributed by atoms with Gasteiger partial charge < -0.3 is 14.9 Å². The van der Waals surface area contributed by atoms with Gasteiger partial charge in [0.15, 0.2) is 0 Å². The van der Waals surface area contributed by atoms with Crippen LogP contribution >= 0.6 is 15.9 Å². The molecule has 1 rings (SSSR count). The Morgan fingerprint density at radius 2 is 2.17 bits per heavy atom. The summed E-state index contributed by atoms with van der Waals surface area (Å²) in [6.45, 7) is 0. The number of rotatable bonds is 5. The first-order chi connectivity index (χ1) is 8.52. The van der Waals surface area contributed by atoms with Gasteiger partial charge in [0.05, 0.1) is 18.8 Å². The van der Waals surface area contributed by atoms with E-state index in [0.717, 1.165) is 7.11 Å². The maximum Gasteiger partial charge on any atom is 0.340 e. The van der Waals surface area contributed by atoms with Crippen molar-refractivity contribution in [2.45, 2.75) is 18.6 Å². The van der Waals surface area contributed by atoms with E-state index in [0.29, 0.717) is 5.33 Å². The van der Waals surface area contributed by atoms with Crippen LogP contribution in [0, 0.1) is 5.82 Å². The number of carbonyl (C=O) groups excluding carboxylic acids is 1. The Labute approximate surface area is 113 Å². The summed E-state index contributed by atoms with van der Waals surface area (Å²) in [5, 5.41) is 19.9. The Kier molecular flexibility index (Phi) is 5.71. The van der Waals surface area contributed by atoms with Crippen molar-refractivity contribution in [3.63, 3.8) is 0 Å². The van der Waals surface area contributed by atoms with Gasteiger partial charge in [0.2, 0.25) is 0 Å². The molecule has 0 aromatic heterocycles. The van der Waals surface area contributed by atoms with Crippen LogP contribution in [0.2, 0.25) is 0 Å². The molecule has 0 aliphatic heterocycles. The molecular weight excluding hydrogens is 307 g/mol. The second-order valence-electron chi connectivity index (χ2n) is 3.69. The Balaban J connectivity index is 3.06. The average molecular weight is 321 g/mol. The minimum absolute atomic E-state index is 0.119. The van der Waals surface area contributed by atoms with Crippen molar-refractivity contribution in [2.24, 2.45) is 0 Å². The first-order valence-electron chi connectivity index (χ1n) is 5.31. The zero-order chi connectivity index (χ0) is 13.7. The van der Waals surface area contributed by atoms with E-state index in [-0.39, 0.29) is 17.5 Å². The number of aliphatic hydroxyl groups is 2. The molecule has 0 aliphatic rings. The topological polar surface area (TPSA) is 66.8 Å². The fourth-order valence-corrected chi connectivity index (χ4v) is 1.99. The molecule has 6 heteroatoms. The van der Waals surface area contributed by atoms with Gasteiger partial charge in [0.1, 0.15) is 11.9 Å². The van der Waals surface area contributed by atoms with Crippen LogP contribution in [0.5, 0.6) is 0 Å². The molecule has 0 heterocycles. The Hall–Kier alpha value is -0.980. The minimum atomic E-state index is -1.38. The van der Waals surface area contributed by atoms with Gasteiger partial charge in [-0.15, -0.1) is 0 Å². The van der Waals surface area contributed by atoms with Crippen molar-refractivity contribution in [3.05, 3.63) is 35.1 Å². The lowest BCUT2D eigenvalue weighted by Gasteiger charge is -2.18. The summed E-state index contributed by atoms with van der Waals surface area (Å²) in [5.41, 5.74) is -0.383. The van der Waals surface area contributed by atoms with Crippen molar-refractivity contribution in [1.29, 1.82) is 0 Å². The van der Waals surface area contributed by atoms with Crippen molar-refractivity contribution >= 4 is 21.9 Å². The normalized spacial score (nSPS) is 14.1. The van der Waals surface area contributed by atoms with E-state index in [1.54, 1.807) is 0 Å². The third kappa shape index (κ3) is 3.28. The average Bonchev–Trinajstić information content (AvgIpc) is 2.37. The summed E-state index contributed by atoms with van der Waals surface area (Å²) in [7, 11) is 1.14. The molecule has 0 saturated carbocycles. The van der Waals surface area contributed by atoms with Crippen molar-refractivity contribution < 1.29 is 24.1 Å². The van der Waals surface area contributed by atoms with Gasteiger partial charge in [-0.3, -0.25) is 0 Å². The lowest BCUT2D eigenvalue weighted by molar-refractivity contribution is 0.0151. The van der Waals surface area contributed by atoms with E-state index in [9.17, 15) is 19.4 Å². The first-order valence-corrected chi connectivity index (χ1v) is 6.43. The first kappa shape index (κ1) is 15.1. The Morgan fingerprint density at radius 3 is 2.72 bits per heavy atom. The van der Waals surface area contributed by atoms with Crippen LogP contribution in [0.4, 0.5) is 4.39 Å². The maximum atomic E-state index is 14.0. The standard InChI is InChI=1S/C12H14BrFO4/c1-18-12(17)8-4-2-3-7(10(8)14)11(16)9(15)5-6-13/h2-4,9,11,15-16H,5-6H2,1H3. The number of benzene rings is 1. The van der Waals surface area contributed by atoms with E-state index in [1.165, 1.54) is 18.2 Å². The molecule has 2 N–H and O–H groups in total. The molecule has 4 nitrogen and oxygen atoms in total. The van der Waals surface area contributed by atoms with Gasteiger partial charge in [0, 0.05) is 10.9 Å². The largest absolute Gasteiger partial charge is 0.465 e. The third-order valence-electron chi connectivity index (χ3n) is 2.52. The van der Waals surface area contributed by atoms with Crippen LogP contribution in [0.3, 0.4) is 0 Å². The number of aliphatic hydroxyl groups excluding tert-OH is 2. The second kappa shape index (κ2) is 6.82. The van der Waals surface area contributed by atoms with Crippen LogP contribution in [-0.4, -0.2) is 34.7 Å². The van der Waals surface area contributed by atoms with E-state index in [4.69, 9.17) is 0 Å². The minimum Gasteiger partial charge on any atom is -0.465 e. The summed E-state index contributed by atoms with van der Waals surface area (Å²) < 4.78 is 18.4. The van der Waals surface area contributed by atoms with Gasteiger partial charge in [-0.25, -0.2) is 9.18 Å². The molecule has 2 atom stereocenters. The molecule has 0 amide bonds. The molecule has 0 bridgehead atoms. The van der Waals surface area contributed by atoms with Crippen molar-refractivity contribution in [3.8, 4) is 0 Å². The number of halogens is 2. The summed E-state index contributed by atoms with van der Waals surface area (Å²) in [4.78, 5) is 11.3. The SMILES string of the molecule is COC(=O)c1cccc(C(O)C(O)CCBr)c1F. The maximum absolute atomic E-state index is 14.0. The number of ether oxygens (including phenoxy) is 1. The molecule has 0 saturated heterocycles. The smallest absolute Gasteiger partial charge is 0.340 e. The quantitative estimate of drug-likeness (QED) is 0.641. The summed E-state index contributed by atoms with van der Waals surface area (Å²) in [6, 6.07) is 4.01. The van der Waals surface area contributed by atoms with Crippen LogP contribution in [-0.2, 0) is 4.74 Å². The zero-order valence-electron chi connectivity index (χ0n) is 9.77. The molecule has 0 radical (unpaired) electrons. The highest BCUT2D eigenvalue weighted by Crippen LogP contribution is 2.24. The summed E-state index contributed by atoms with van der Waals surface area (Å²) >= 11 is 3.12. The second-order valence-corrected chi connectivity index (χ2v) is 4.48. The third-order valence-corrected chi connectivity index (χ3v) is 2.98. The van der Waals surface area contributed by atoms with Gasteiger partial charge in [-0.1, -0.05) is 28.1 Å². The molecule has 0 spiro atoms. The monoisotopic (exact) mass is 320 g/mol. The molecule has 2 unspecified atom stereocenters. The molecule has 1 aromatic rings. The highest BCUT2D eigenvalue weighted by Gasteiger charge is 2.24. The van der Waals surface area contributed by atoms with E-state index in [1.807, 2.05) is 0 Å². The van der Waals surface area contributed by atoms with Crippen molar-refractivity contribution in [1.82, 2.24) is 0 Å². The predicted molar refractivity (Wildman–Crippen MR) is 67.1 cm³/mol. The van der Waals surface area contributed by atoms with Gasteiger partial charge in [-0.05, 0) is 12.5 Å². The number of hydrogen-bond donors (Lipinski definition) is 2. The Bertz CT molecular complexity index is 425. The number of carbonyl (C=O) groups is 1. The Morgan fingerprint density at radius 1 is 1.50 bits per heavy atom. The lowest BCUT2D eigenvalue weighted by atomic mass is 9.99. The van der Waals surface area contributed by atoms with Crippen LogP contribution in [0.15, 0.2) is 18.2 Å². The van der Waals surface area contributed by atoms with Gasteiger partial charge in [-0.2, -0.15) is 0 Å². The number of alkyl halides is 1. The number of esters is 1. The summed E-state index contributed by atoms with van der Waals surface area (Å²) in [6.07, 6.45) is -2.22. The molecule has 100 valence electrons. The van der Waals surface area contributed by atoms with Crippen LogP contribution < -0.4 is 0 Å².